The van der Waals surface area contributed by atoms with Gasteiger partial charge in [-0.15, -0.1) is 0 Å². The summed E-state index contributed by atoms with van der Waals surface area (Å²) >= 11 is 0. The fourth-order valence-corrected chi connectivity index (χ4v) is 4.14. The second-order valence-electron chi connectivity index (χ2n) is 7.49. The fraction of sp³-hybridized carbons (Fsp3) is 0.304. The maximum absolute atomic E-state index is 12.4. The highest BCUT2D eigenvalue weighted by atomic mass is 16.5. The van der Waals surface area contributed by atoms with E-state index in [4.69, 9.17) is 14.7 Å². The van der Waals surface area contributed by atoms with E-state index in [9.17, 15) is 4.79 Å². The summed E-state index contributed by atoms with van der Waals surface area (Å²) in [5, 5.41) is 0. The number of rotatable bonds is 3. The number of fused-ring (bicyclic) bond motifs is 2. The van der Waals surface area contributed by atoms with Crippen LogP contribution in [0.3, 0.4) is 0 Å². The molecule has 0 amide bonds. The third-order valence-corrected chi connectivity index (χ3v) is 5.50. The fourth-order valence-electron chi connectivity index (χ4n) is 4.14. The number of hydrogen-bond acceptors (Lipinski definition) is 5. The predicted molar refractivity (Wildman–Crippen MR) is 106 cm³/mol. The summed E-state index contributed by atoms with van der Waals surface area (Å²) in [7, 11) is 0. The summed E-state index contributed by atoms with van der Waals surface area (Å²) in [4.78, 5) is 26.1. The van der Waals surface area contributed by atoms with Crippen molar-refractivity contribution in [3.63, 3.8) is 0 Å². The van der Waals surface area contributed by atoms with Crippen LogP contribution in [-0.2, 0) is 28.9 Å². The monoisotopic (exact) mass is 371 g/mol. The van der Waals surface area contributed by atoms with Crippen LogP contribution in [0.25, 0.3) is 0 Å². The first-order valence-corrected chi connectivity index (χ1v) is 9.77. The number of aliphatic imine (C=N–C) groups is 1. The first-order chi connectivity index (χ1) is 13.8. The molecule has 0 aromatic carbocycles. The van der Waals surface area contributed by atoms with Gasteiger partial charge in [-0.05, 0) is 36.6 Å². The van der Waals surface area contributed by atoms with Crippen molar-refractivity contribution in [3.8, 4) is 0 Å². The number of nitrogens with zero attached hydrogens (tertiary/aromatic N) is 3. The molecule has 2 aliphatic heterocycles. The topological polar surface area (TPSA) is 64.4 Å². The number of hydrogen-bond donors (Lipinski definition) is 0. The smallest absolute Gasteiger partial charge is 0.310 e. The number of pyridine rings is 2. The molecule has 0 fully saturated rings. The van der Waals surface area contributed by atoms with Crippen molar-refractivity contribution in [3.05, 3.63) is 82.5 Å². The Bertz CT molecular complexity index is 1020. The van der Waals surface area contributed by atoms with Crippen LogP contribution in [0, 0.1) is 0 Å². The highest BCUT2D eigenvalue weighted by molar-refractivity contribution is 6.13. The van der Waals surface area contributed by atoms with E-state index in [1.807, 2.05) is 12.1 Å². The lowest BCUT2D eigenvalue weighted by atomic mass is 9.95. The number of carbonyl (C=O) groups excluding carboxylic acids is 1. The molecule has 1 unspecified atom stereocenters. The molecule has 0 spiro atoms. The summed E-state index contributed by atoms with van der Waals surface area (Å²) in [5.74, 6) is -0.161. The molecule has 2 aromatic rings. The van der Waals surface area contributed by atoms with Gasteiger partial charge in [-0.25, -0.2) is 0 Å². The Morgan fingerprint density at radius 2 is 2.07 bits per heavy atom. The zero-order valence-corrected chi connectivity index (χ0v) is 15.6. The van der Waals surface area contributed by atoms with Gasteiger partial charge in [0.2, 0.25) is 0 Å². The van der Waals surface area contributed by atoms with Gasteiger partial charge in [0, 0.05) is 42.1 Å². The van der Waals surface area contributed by atoms with E-state index in [0.717, 1.165) is 53.1 Å². The van der Waals surface area contributed by atoms with Gasteiger partial charge in [-0.2, -0.15) is 0 Å². The van der Waals surface area contributed by atoms with Crippen LogP contribution < -0.4 is 0 Å². The lowest BCUT2D eigenvalue weighted by Crippen LogP contribution is -2.20. The van der Waals surface area contributed by atoms with E-state index in [-0.39, 0.29) is 18.5 Å². The summed E-state index contributed by atoms with van der Waals surface area (Å²) in [6.45, 7) is 0.602. The molecule has 0 bridgehead atoms. The summed E-state index contributed by atoms with van der Waals surface area (Å²) < 4.78 is 5.76. The molecule has 2 aromatic heterocycles. The summed E-state index contributed by atoms with van der Waals surface area (Å²) in [6, 6.07) is 6.02. The third-order valence-electron chi connectivity index (χ3n) is 5.50. The Hall–Kier alpha value is -3.08. The van der Waals surface area contributed by atoms with Crippen molar-refractivity contribution in [2.45, 2.75) is 44.8 Å². The molecule has 0 saturated carbocycles. The van der Waals surface area contributed by atoms with E-state index in [2.05, 4.69) is 29.3 Å². The van der Waals surface area contributed by atoms with Gasteiger partial charge in [-0.3, -0.25) is 19.8 Å². The van der Waals surface area contributed by atoms with Crippen molar-refractivity contribution in [2.75, 3.05) is 0 Å². The molecule has 5 heteroatoms. The molecular weight excluding hydrogens is 350 g/mol. The SMILES string of the molecule is O=C1Cc2cc3c(nc2CC(CC2=CC=CCC2)O1)C(c1ccncc1)=NC3. The van der Waals surface area contributed by atoms with Crippen LogP contribution in [0.2, 0.25) is 0 Å². The average molecular weight is 371 g/mol. The molecule has 5 rings (SSSR count). The molecule has 0 saturated heterocycles. The number of ether oxygens (including phenoxy) is 1. The Kier molecular flexibility index (Phi) is 4.35. The summed E-state index contributed by atoms with van der Waals surface area (Å²) in [5.41, 5.74) is 7.23. The normalized spacial score (nSPS) is 20.6. The Morgan fingerprint density at radius 3 is 2.89 bits per heavy atom. The zero-order chi connectivity index (χ0) is 18.9. The number of esters is 1. The van der Waals surface area contributed by atoms with Crippen LogP contribution in [0.15, 0.2) is 59.4 Å². The molecule has 28 heavy (non-hydrogen) atoms. The molecule has 3 aliphatic rings. The van der Waals surface area contributed by atoms with Crippen LogP contribution in [-0.4, -0.2) is 27.8 Å². The minimum atomic E-state index is -0.161. The Morgan fingerprint density at radius 1 is 1.18 bits per heavy atom. The van der Waals surface area contributed by atoms with Crippen LogP contribution in [0.5, 0.6) is 0 Å². The second kappa shape index (κ2) is 7.15. The number of cyclic esters (lactones) is 1. The quantitative estimate of drug-likeness (QED) is 0.775. The number of aromatic nitrogens is 2. The molecule has 1 atom stereocenters. The molecule has 0 N–H and O–H groups in total. The van der Waals surface area contributed by atoms with Gasteiger partial charge in [0.1, 0.15) is 6.10 Å². The minimum Gasteiger partial charge on any atom is -0.461 e. The number of allylic oxidation sites excluding steroid dienone is 3. The van der Waals surface area contributed by atoms with Crippen molar-refractivity contribution in [1.29, 1.82) is 0 Å². The van der Waals surface area contributed by atoms with Gasteiger partial charge in [0.15, 0.2) is 0 Å². The van der Waals surface area contributed by atoms with Crippen molar-refractivity contribution < 1.29 is 9.53 Å². The average Bonchev–Trinajstić information content (AvgIpc) is 3.05. The Labute approximate surface area is 163 Å². The van der Waals surface area contributed by atoms with Gasteiger partial charge in [0.25, 0.3) is 0 Å². The highest BCUT2D eigenvalue weighted by Crippen LogP contribution is 2.29. The van der Waals surface area contributed by atoms with E-state index < -0.39 is 0 Å². The molecule has 1 aliphatic carbocycles. The first-order valence-electron chi connectivity index (χ1n) is 9.77. The lowest BCUT2D eigenvalue weighted by Gasteiger charge is -2.18. The van der Waals surface area contributed by atoms with Crippen molar-refractivity contribution >= 4 is 11.7 Å². The molecule has 4 heterocycles. The molecular formula is C23H21N3O2. The minimum absolute atomic E-state index is 0.153. The summed E-state index contributed by atoms with van der Waals surface area (Å²) in [6.07, 6.45) is 13.6. The Balaban J connectivity index is 1.47. The van der Waals surface area contributed by atoms with E-state index >= 15 is 0 Å². The predicted octanol–water partition coefficient (Wildman–Crippen LogP) is 3.50. The standard InChI is InChI=1S/C23H21N3O2/c27-21-12-17-11-18-14-25-22(16-6-8-24-9-7-16)23(18)26-20(17)13-19(28-21)10-15-4-2-1-3-5-15/h1-2,4,6-9,11,19H,3,5,10,12-14H2. The first kappa shape index (κ1) is 17.0. The third kappa shape index (κ3) is 3.28. The zero-order valence-electron chi connectivity index (χ0n) is 15.6. The van der Waals surface area contributed by atoms with Gasteiger partial charge in [0.05, 0.1) is 24.4 Å². The van der Waals surface area contributed by atoms with Crippen molar-refractivity contribution in [1.82, 2.24) is 9.97 Å². The molecule has 5 nitrogen and oxygen atoms in total. The van der Waals surface area contributed by atoms with Crippen molar-refractivity contribution in [2.24, 2.45) is 4.99 Å². The van der Waals surface area contributed by atoms with Crippen LogP contribution in [0.1, 0.15) is 47.3 Å². The van der Waals surface area contributed by atoms with Gasteiger partial charge < -0.3 is 4.74 Å². The van der Waals surface area contributed by atoms with E-state index in [1.54, 1.807) is 12.4 Å². The second-order valence-corrected chi connectivity index (χ2v) is 7.49. The van der Waals surface area contributed by atoms with Gasteiger partial charge >= 0.3 is 5.97 Å². The van der Waals surface area contributed by atoms with E-state index in [0.29, 0.717) is 13.0 Å². The highest BCUT2D eigenvalue weighted by Gasteiger charge is 2.28. The lowest BCUT2D eigenvalue weighted by molar-refractivity contribution is -0.147. The number of carbonyl (C=O) groups is 1. The largest absolute Gasteiger partial charge is 0.461 e. The van der Waals surface area contributed by atoms with Gasteiger partial charge in [-0.1, -0.05) is 23.8 Å². The molecule has 140 valence electrons. The van der Waals surface area contributed by atoms with E-state index in [1.165, 1.54) is 5.57 Å². The van der Waals surface area contributed by atoms with Crippen LogP contribution in [0.4, 0.5) is 0 Å². The molecule has 0 radical (unpaired) electrons. The maximum Gasteiger partial charge on any atom is 0.310 e. The maximum atomic E-state index is 12.4. The van der Waals surface area contributed by atoms with Crippen LogP contribution >= 0.6 is 0 Å².